The quantitative estimate of drug-likeness (QED) is 0.381. The van der Waals surface area contributed by atoms with Gasteiger partial charge in [0.15, 0.2) is 0 Å². The maximum absolute atomic E-state index is 11.6. The lowest BCUT2D eigenvalue weighted by Gasteiger charge is -2.32. The summed E-state index contributed by atoms with van der Waals surface area (Å²) in [5, 5.41) is 0. The number of rotatable bonds is 2. The topological polar surface area (TPSA) is 75.4 Å². The monoisotopic (exact) mass is 213 g/mol. The van der Waals surface area contributed by atoms with Crippen LogP contribution in [0.5, 0.6) is 0 Å². The van der Waals surface area contributed by atoms with Crippen molar-refractivity contribution < 1.29 is 9.59 Å². The normalized spacial score (nSPS) is 18.0. The van der Waals surface area contributed by atoms with E-state index in [2.05, 4.69) is 5.43 Å². The molecule has 0 aliphatic carbocycles. The summed E-state index contributed by atoms with van der Waals surface area (Å²) in [6.07, 6.45) is 1.42. The second-order valence-electron chi connectivity index (χ2n) is 4.26. The van der Waals surface area contributed by atoms with Crippen molar-refractivity contribution >= 4 is 11.8 Å². The molecule has 0 spiro atoms. The van der Waals surface area contributed by atoms with E-state index in [9.17, 15) is 9.59 Å². The summed E-state index contributed by atoms with van der Waals surface area (Å²) in [6.45, 7) is 5.10. The molecule has 5 nitrogen and oxygen atoms in total. The molecule has 0 unspecified atom stereocenters. The number of hydrogen-bond acceptors (Lipinski definition) is 3. The Hall–Kier alpha value is -1.10. The number of hydrogen-bond donors (Lipinski definition) is 2. The van der Waals surface area contributed by atoms with Crippen LogP contribution in [-0.2, 0) is 9.59 Å². The lowest BCUT2D eigenvalue weighted by atomic mass is 9.95. The number of piperidine rings is 1. The van der Waals surface area contributed by atoms with Gasteiger partial charge in [0, 0.05) is 24.9 Å². The van der Waals surface area contributed by atoms with E-state index in [1.54, 1.807) is 0 Å². The van der Waals surface area contributed by atoms with Gasteiger partial charge in [-0.1, -0.05) is 13.8 Å². The molecule has 1 aliphatic rings. The van der Waals surface area contributed by atoms with Crippen molar-refractivity contribution in [3.63, 3.8) is 0 Å². The van der Waals surface area contributed by atoms with Gasteiger partial charge in [-0.25, -0.2) is 5.84 Å². The highest BCUT2D eigenvalue weighted by Crippen LogP contribution is 2.18. The molecule has 1 fully saturated rings. The van der Waals surface area contributed by atoms with E-state index >= 15 is 0 Å². The van der Waals surface area contributed by atoms with Gasteiger partial charge in [-0.2, -0.15) is 0 Å². The van der Waals surface area contributed by atoms with Crippen molar-refractivity contribution in [2.45, 2.75) is 26.7 Å². The molecule has 5 heteroatoms. The average molecular weight is 213 g/mol. The van der Waals surface area contributed by atoms with Crippen molar-refractivity contribution in [1.82, 2.24) is 10.3 Å². The van der Waals surface area contributed by atoms with Crippen molar-refractivity contribution in [2.75, 3.05) is 13.1 Å². The second-order valence-corrected chi connectivity index (χ2v) is 4.26. The number of likely N-dealkylation sites (tertiary alicyclic amines) is 1. The summed E-state index contributed by atoms with van der Waals surface area (Å²) >= 11 is 0. The molecular formula is C10H19N3O2. The van der Waals surface area contributed by atoms with E-state index in [1.165, 1.54) is 0 Å². The van der Waals surface area contributed by atoms with Gasteiger partial charge in [-0.3, -0.25) is 15.0 Å². The molecule has 1 saturated heterocycles. The number of carbonyl (C=O) groups excluding carboxylic acids is 2. The molecule has 0 atom stereocenters. The Labute approximate surface area is 90.0 Å². The Morgan fingerprint density at radius 3 is 2.27 bits per heavy atom. The zero-order chi connectivity index (χ0) is 11.4. The Bertz CT molecular complexity index is 245. The minimum atomic E-state index is -0.119. The van der Waals surface area contributed by atoms with Crippen LogP contribution in [-0.4, -0.2) is 29.8 Å². The van der Waals surface area contributed by atoms with Crippen molar-refractivity contribution in [1.29, 1.82) is 0 Å². The van der Waals surface area contributed by atoms with Gasteiger partial charge in [0.2, 0.25) is 11.8 Å². The summed E-state index contributed by atoms with van der Waals surface area (Å²) in [5.41, 5.74) is 2.16. The van der Waals surface area contributed by atoms with Crippen LogP contribution in [0.15, 0.2) is 0 Å². The Balaban J connectivity index is 2.42. The van der Waals surface area contributed by atoms with E-state index in [4.69, 9.17) is 5.84 Å². The summed E-state index contributed by atoms with van der Waals surface area (Å²) in [7, 11) is 0. The molecule has 0 bridgehead atoms. The Morgan fingerprint density at radius 2 is 1.87 bits per heavy atom. The van der Waals surface area contributed by atoms with Crippen molar-refractivity contribution in [2.24, 2.45) is 17.7 Å². The Kier molecular flexibility index (Phi) is 4.08. The largest absolute Gasteiger partial charge is 0.342 e. The number of amides is 2. The lowest BCUT2D eigenvalue weighted by molar-refractivity contribution is -0.138. The van der Waals surface area contributed by atoms with Crippen molar-refractivity contribution in [3.05, 3.63) is 0 Å². The van der Waals surface area contributed by atoms with Crippen LogP contribution in [0.1, 0.15) is 26.7 Å². The highest BCUT2D eigenvalue weighted by Gasteiger charge is 2.27. The number of nitrogens with two attached hydrogens (primary N) is 1. The number of hydrazine groups is 1. The zero-order valence-electron chi connectivity index (χ0n) is 9.32. The van der Waals surface area contributed by atoms with E-state index in [0.717, 1.165) is 0 Å². The number of nitrogens with one attached hydrogen (secondary N) is 1. The molecule has 0 aromatic carbocycles. The highest BCUT2D eigenvalue weighted by molar-refractivity contribution is 5.80. The minimum absolute atomic E-state index is 0.0323. The number of nitrogens with zero attached hydrogens (tertiary/aromatic N) is 1. The van der Waals surface area contributed by atoms with Crippen LogP contribution in [0, 0.1) is 11.8 Å². The molecule has 0 aromatic heterocycles. The fourth-order valence-corrected chi connectivity index (χ4v) is 1.85. The molecular weight excluding hydrogens is 194 g/mol. The maximum Gasteiger partial charge on any atom is 0.237 e. The molecule has 1 heterocycles. The molecule has 0 saturated carbocycles. The molecule has 86 valence electrons. The SMILES string of the molecule is CC(C)C(=O)N1CCC(C(=O)NN)CC1. The smallest absolute Gasteiger partial charge is 0.237 e. The fourth-order valence-electron chi connectivity index (χ4n) is 1.85. The summed E-state index contributed by atoms with van der Waals surface area (Å²) in [6, 6.07) is 0. The van der Waals surface area contributed by atoms with Crippen LogP contribution >= 0.6 is 0 Å². The Morgan fingerprint density at radius 1 is 1.33 bits per heavy atom. The summed E-state index contributed by atoms with van der Waals surface area (Å²) < 4.78 is 0. The first kappa shape index (κ1) is 12.0. The van der Waals surface area contributed by atoms with Crippen LogP contribution in [0.4, 0.5) is 0 Å². The molecule has 2 amide bonds. The van der Waals surface area contributed by atoms with Gasteiger partial charge in [0.25, 0.3) is 0 Å². The second kappa shape index (κ2) is 5.11. The number of carbonyl (C=O) groups is 2. The predicted octanol–water partition coefficient (Wildman–Crippen LogP) is -0.129. The van der Waals surface area contributed by atoms with Gasteiger partial charge < -0.3 is 4.90 Å². The van der Waals surface area contributed by atoms with Gasteiger partial charge in [0.1, 0.15) is 0 Å². The van der Waals surface area contributed by atoms with Gasteiger partial charge >= 0.3 is 0 Å². The first-order valence-electron chi connectivity index (χ1n) is 5.35. The zero-order valence-corrected chi connectivity index (χ0v) is 9.32. The van der Waals surface area contributed by atoms with E-state index in [1.807, 2.05) is 18.7 Å². The summed E-state index contributed by atoms with van der Waals surface area (Å²) in [4.78, 5) is 24.7. The molecule has 1 aliphatic heterocycles. The van der Waals surface area contributed by atoms with E-state index in [-0.39, 0.29) is 23.7 Å². The third-order valence-corrected chi connectivity index (χ3v) is 2.81. The van der Waals surface area contributed by atoms with Gasteiger partial charge in [-0.05, 0) is 12.8 Å². The lowest BCUT2D eigenvalue weighted by Crippen LogP contribution is -2.45. The van der Waals surface area contributed by atoms with Crippen molar-refractivity contribution in [3.8, 4) is 0 Å². The fraction of sp³-hybridized carbons (Fsp3) is 0.800. The first-order chi connectivity index (χ1) is 7.06. The van der Waals surface area contributed by atoms with Crippen LogP contribution in [0.2, 0.25) is 0 Å². The molecule has 1 rings (SSSR count). The minimum Gasteiger partial charge on any atom is -0.342 e. The van der Waals surface area contributed by atoms with Crippen LogP contribution in [0.3, 0.4) is 0 Å². The van der Waals surface area contributed by atoms with E-state index in [0.29, 0.717) is 25.9 Å². The van der Waals surface area contributed by atoms with Gasteiger partial charge in [0.05, 0.1) is 0 Å². The summed E-state index contributed by atoms with van der Waals surface area (Å²) in [5.74, 6) is 5.11. The molecule has 0 radical (unpaired) electrons. The predicted molar refractivity (Wildman–Crippen MR) is 56.5 cm³/mol. The maximum atomic E-state index is 11.6. The van der Waals surface area contributed by atoms with Crippen LogP contribution in [0.25, 0.3) is 0 Å². The standard InChI is InChI=1S/C10H19N3O2/c1-7(2)10(15)13-5-3-8(4-6-13)9(14)12-11/h7-8H,3-6,11H2,1-2H3,(H,12,14). The highest BCUT2D eigenvalue weighted by atomic mass is 16.2. The third kappa shape index (κ3) is 2.92. The first-order valence-corrected chi connectivity index (χ1v) is 5.35. The van der Waals surface area contributed by atoms with Gasteiger partial charge in [-0.15, -0.1) is 0 Å². The average Bonchev–Trinajstić information content (AvgIpc) is 2.27. The van der Waals surface area contributed by atoms with Crippen LogP contribution < -0.4 is 11.3 Å². The third-order valence-electron chi connectivity index (χ3n) is 2.81. The van der Waals surface area contributed by atoms with E-state index < -0.39 is 0 Å². The molecule has 15 heavy (non-hydrogen) atoms. The molecule has 0 aromatic rings. The molecule has 3 N–H and O–H groups in total.